The molecule has 0 aliphatic heterocycles. The van der Waals surface area contributed by atoms with Gasteiger partial charge < -0.3 is 0 Å². The lowest BCUT2D eigenvalue weighted by molar-refractivity contribution is 0.574. The summed E-state index contributed by atoms with van der Waals surface area (Å²) >= 11 is 5.23. The summed E-state index contributed by atoms with van der Waals surface area (Å²) in [6.07, 6.45) is 2.25. The van der Waals surface area contributed by atoms with Crippen LogP contribution in [0.25, 0.3) is 0 Å². The largest absolute Gasteiger partial charge is 0.235 e. The van der Waals surface area contributed by atoms with Crippen molar-refractivity contribution in [1.82, 2.24) is 9.97 Å². The van der Waals surface area contributed by atoms with Crippen LogP contribution in [0.3, 0.4) is 0 Å². The normalized spacial score (nSPS) is 9.67. The average molecular weight is 146 g/mol. The van der Waals surface area contributed by atoms with Gasteiger partial charge in [-0.25, -0.2) is 9.97 Å². The minimum absolute atomic E-state index is 0.166. The molecule has 0 saturated heterocycles. The van der Waals surface area contributed by atoms with Gasteiger partial charge in [-0.15, -0.1) is 0 Å². The van der Waals surface area contributed by atoms with Gasteiger partial charge in [-0.1, -0.05) is 11.6 Å². The molecule has 0 amide bonds. The fourth-order valence-electron chi connectivity index (χ4n) is 0.392. The zero-order chi connectivity index (χ0) is 6.85. The molecule has 0 saturated carbocycles. The topological polar surface area (TPSA) is 25.8 Å². The van der Waals surface area contributed by atoms with Crippen LogP contribution >= 0.6 is 11.6 Å². The second kappa shape index (κ2) is 2.27. The number of rotatable bonds is 0. The molecular formula is C5H3ClFN2. The Balaban J connectivity index is 3.17. The average Bonchev–Trinajstić information content (AvgIpc) is 1.80. The van der Waals surface area contributed by atoms with Crippen LogP contribution in [0.15, 0.2) is 0 Å². The van der Waals surface area contributed by atoms with Crippen molar-refractivity contribution in [2.75, 3.05) is 0 Å². The van der Waals surface area contributed by atoms with Crippen LogP contribution in [0.5, 0.6) is 0 Å². The molecule has 1 aromatic heterocycles. The molecule has 2 nitrogen and oxygen atoms in total. The van der Waals surface area contributed by atoms with E-state index in [1.54, 1.807) is 6.92 Å². The second-order valence-electron chi connectivity index (χ2n) is 1.49. The van der Waals surface area contributed by atoms with E-state index in [9.17, 15) is 4.39 Å². The lowest BCUT2D eigenvalue weighted by Gasteiger charge is -1.90. The third-order valence-corrected chi connectivity index (χ3v) is 0.997. The summed E-state index contributed by atoms with van der Waals surface area (Å²) in [6.45, 7) is 1.57. The van der Waals surface area contributed by atoms with Gasteiger partial charge in [0.2, 0.25) is 5.95 Å². The number of halogens is 2. The molecule has 0 aliphatic rings. The number of aryl methyl sites for hydroxylation is 1. The summed E-state index contributed by atoms with van der Waals surface area (Å²) < 4.78 is 12.3. The van der Waals surface area contributed by atoms with Crippen molar-refractivity contribution in [2.45, 2.75) is 6.92 Å². The van der Waals surface area contributed by atoms with Gasteiger partial charge in [-0.05, 0) is 6.92 Å². The first-order chi connectivity index (χ1) is 4.20. The third kappa shape index (κ3) is 1.36. The summed E-state index contributed by atoms with van der Waals surface area (Å²) in [5.41, 5.74) is 0. The van der Waals surface area contributed by atoms with Gasteiger partial charge in [0.05, 0.1) is 0 Å². The molecule has 9 heavy (non-hydrogen) atoms. The molecule has 1 rings (SSSR count). The van der Waals surface area contributed by atoms with Crippen molar-refractivity contribution in [3.8, 4) is 0 Å². The van der Waals surface area contributed by atoms with Crippen molar-refractivity contribution in [3.63, 3.8) is 0 Å². The Morgan fingerprint density at radius 3 is 2.78 bits per heavy atom. The fraction of sp³-hybridized carbons (Fsp3) is 0.200. The molecular weight excluding hydrogens is 143 g/mol. The van der Waals surface area contributed by atoms with Crippen molar-refractivity contribution in [1.29, 1.82) is 0 Å². The van der Waals surface area contributed by atoms with E-state index >= 15 is 0 Å². The molecule has 0 aliphatic carbocycles. The van der Waals surface area contributed by atoms with E-state index in [1.165, 1.54) is 0 Å². The summed E-state index contributed by atoms with van der Waals surface area (Å²) in [5.74, 6) is -0.388. The Bertz CT molecular complexity index is 226. The predicted molar refractivity (Wildman–Crippen MR) is 30.6 cm³/mol. The van der Waals surface area contributed by atoms with E-state index in [0.29, 0.717) is 5.82 Å². The lowest BCUT2D eigenvalue weighted by atomic mass is 10.6. The Morgan fingerprint density at radius 2 is 2.33 bits per heavy atom. The van der Waals surface area contributed by atoms with Crippen LogP contribution in [-0.4, -0.2) is 9.97 Å². The molecule has 1 radical (unpaired) electrons. The zero-order valence-electron chi connectivity index (χ0n) is 4.65. The first-order valence-electron chi connectivity index (χ1n) is 2.27. The van der Waals surface area contributed by atoms with E-state index in [1.807, 2.05) is 0 Å². The molecule has 1 heterocycles. The fourth-order valence-corrected chi connectivity index (χ4v) is 0.477. The molecule has 0 atom stereocenters. The minimum Gasteiger partial charge on any atom is -0.230 e. The summed E-state index contributed by atoms with van der Waals surface area (Å²) in [5, 5.41) is -0.166. The maximum atomic E-state index is 12.3. The zero-order valence-corrected chi connectivity index (χ0v) is 5.41. The van der Waals surface area contributed by atoms with Crippen molar-refractivity contribution in [3.05, 3.63) is 23.0 Å². The smallest absolute Gasteiger partial charge is 0.230 e. The van der Waals surface area contributed by atoms with Crippen molar-refractivity contribution >= 4 is 11.6 Å². The molecule has 0 fully saturated rings. The Morgan fingerprint density at radius 1 is 1.67 bits per heavy atom. The molecule has 0 bridgehead atoms. The predicted octanol–water partition coefficient (Wildman–Crippen LogP) is 1.38. The third-order valence-electron chi connectivity index (χ3n) is 0.757. The Labute approximate surface area is 56.7 Å². The van der Waals surface area contributed by atoms with Gasteiger partial charge in [-0.2, -0.15) is 4.39 Å². The monoisotopic (exact) mass is 145 g/mol. The quantitative estimate of drug-likeness (QED) is 0.516. The first-order valence-corrected chi connectivity index (χ1v) is 2.65. The molecule has 4 heteroatoms. The van der Waals surface area contributed by atoms with Crippen LogP contribution in [0, 0.1) is 19.1 Å². The standard InChI is InChI=1S/C5H3ClFN2/c1-3-8-2-4(6)5(7)9-3/h1H3. The van der Waals surface area contributed by atoms with Gasteiger partial charge in [-0.3, -0.25) is 0 Å². The van der Waals surface area contributed by atoms with Gasteiger partial charge in [0.15, 0.2) is 0 Å². The van der Waals surface area contributed by atoms with E-state index in [2.05, 4.69) is 16.2 Å². The molecule has 47 valence electrons. The Hall–Kier alpha value is -0.700. The minimum atomic E-state index is -0.718. The van der Waals surface area contributed by atoms with E-state index in [4.69, 9.17) is 11.6 Å². The highest BCUT2D eigenvalue weighted by atomic mass is 35.5. The highest BCUT2D eigenvalue weighted by Crippen LogP contribution is 2.07. The SMILES string of the molecule is Cc1n[c]c(Cl)c(F)n1. The van der Waals surface area contributed by atoms with Crippen LogP contribution in [0.1, 0.15) is 5.82 Å². The van der Waals surface area contributed by atoms with E-state index in [0.717, 1.165) is 0 Å². The molecule has 0 unspecified atom stereocenters. The first kappa shape index (κ1) is 6.42. The summed E-state index contributed by atoms with van der Waals surface area (Å²) in [6, 6.07) is 0. The Kier molecular flexibility index (Phi) is 1.62. The van der Waals surface area contributed by atoms with Crippen LogP contribution in [0.4, 0.5) is 4.39 Å². The van der Waals surface area contributed by atoms with Crippen molar-refractivity contribution in [2.24, 2.45) is 0 Å². The van der Waals surface area contributed by atoms with Crippen LogP contribution in [0.2, 0.25) is 5.02 Å². The molecule has 0 N–H and O–H groups in total. The number of aromatic nitrogens is 2. The van der Waals surface area contributed by atoms with Gasteiger partial charge in [0.25, 0.3) is 0 Å². The highest BCUT2D eigenvalue weighted by molar-refractivity contribution is 6.30. The molecule has 0 aromatic carbocycles. The maximum Gasteiger partial charge on any atom is 0.235 e. The maximum absolute atomic E-state index is 12.3. The second-order valence-corrected chi connectivity index (χ2v) is 1.87. The summed E-state index contributed by atoms with van der Waals surface area (Å²) in [7, 11) is 0. The van der Waals surface area contributed by atoms with Crippen LogP contribution in [-0.2, 0) is 0 Å². The van der Waals surface area contributed by atoms with Gasteiger partial charge in [0.1, 0.15) is 17.0 Å². The highest BCUT2D eigenvalue weighted by Gasteiger charge is 1.99. The van der Waals surface area contributed by atoms with Gasteiger partial charge in [0, 0.05) is 0 Å². The number of hydrogen-bond donors (Lipinski definition) is 0. The van der Waals surface area contributed by atoms with Crippen LogP contribution < -0.4 is 0 Å². The van der Waals surface area contributed by atoms with Gasteiger partial charge >= 0.3 is 0 Å². The van der Waals surface area contributed by atoms with E-state index < -0.39 is 5.95 Å². The number of nitrogens with zero attached hydrogens (tertiary/aromatic N) is 2. The molecule has 0 spiro atoms. The molecule has 1 aromatic rings. The summed E-state index contributed by atoms with van der Waals surface area (Å²) in [4.78, 5) is 6.86. The van der Waals surface area contributed by atoms with E-state index in [-0.39, 0.29) is 5.02 Å². The van der Waals surface area contributed by atoms with Crippen molar-refractivity contribution < 1.29 is 4.39 Å². The number of hydrogen-bond acceptors (Lipinski definition) is 2. The lowest BCUT2D eigenvalue weighted by Crippen LogP contribution is -1.91.